The standard InChI is InChI=1S/C8H16O2/c1-7(9)5-4-6-8(2,3)10/h4-5,7,9-10H,6H2,1-3H3/b5-4+. The Kier molecular flexibility index (Phi) is 3.61. The van der Waals surface area contributed by atoms with Gasteiger partial charge in [0.05, 0.1) is 11.7 Å². The maximum atomic E-state index is 9.20. The fourth-order valence-corrected chi connectivity index (χ4v) is 0.553. The van der Waals surface area contributed by atoms with Crippen LogP contribution >= 0.6 is 0 Å². The summed E-state index contributed by atoms with van der Waals surface area (Å²) in [6.45, 7) is 5.15. The fraction of sp³-hybridized carbons (Fsp3) is 0.750. The molecule has 1 unspecified atom stereocenters. The predicted octanol–water partition coefficient (Wildman–Crippen LogP) is 1.08. The van der Waals surface area contributed by atoms with E-state index in [1.54, 1.807) is 32.9 Å². The first-order chi connectivity index (χ1) is 4.42. The van der Waals surface area contributed by atoms with Gasteiger partial charge in [0.2, 0.25) is 0 Å². The normalized spacial score (nSPS) is 16.1. The van der Waals surface area contributed by atoms with Crippen LogP contribution in [0.5, 0.6) is 0 Å². The minimum Gasteiger partial charge on any atom is -0.390 e. The Bertz CT molecular complexity index is 109. The molecule has 0 amide bonds. The molecule has 2 nitrogen and oxygen atoms in total. The van der Waals surface area contributed by atoms with Crippen LogP contribution in [0.25, 0.3) is 0 Å². The highest BCUT2D eigenvalue weighted by atomic mass is 16.3. The number of hydrogen-bond donors (Lipinski definition) is 2. The van der Waals surface area contributed by atoms with E-state index in [-0.39, 0.29) is 0 Å². The van der Waals surface area contributed by atoms with Crippen molar-refractivity contribution in [3.63, 3.8) is 0 Å². The summed E-state index contributed by atoms with van der Waals surface area (Å²) in [5.74, 6) is 0. The van der Waals surface area contributed by atoms with E-state index in [1.165, 1.54) is 0 Å². The van der Waals surface area contributed by atoms with Crippen LogP contribution in [-0.4, -0.2) is 21.9 Å². The van der Waals surface area contributed by atoms with Crippen LogP contribution in [0.4, 0.5) is 0 Å². The maximum Gasteiger partial charge on any atom is 0.0692 e. The van der Waals surface area contributed by atoms with Gasteiger partial charge in [0.25, 0.3) is 0 Å². The molecule has 2 heteroatoms. The zero-order chi connectivity index (χ0) is 8.20. The van der Waals surface area contributed by atoms with Crippen molar-refractivity contribution in [2.45, 2.75) is 38.9 Å². The van der Waals surface area contributed by atoms with Crippen LogP contribution < -0.4 is 0 Å². The molecule has 2 N–H and O–H groups in total. The van der Waals surface area contributed by atoms with Gasteiger partial charge in [-0.25, -0.2) is 0 Å². The smallest absolute Gasteiger partial charge is 0.0692 e. The highest BCUT2D eigenvalue weighted by Crippen LogP contribution is 2.07. The lowest BCUT2D eigenvalue weighted by atomic mass is 10.1. The van der Waals surface area contributed by atoms with Gasteiger partial charge in [-0.2, -0.15) is 0 Å². The molecule has 0 saturated heterocycles. The molecule has 0 saturated carbocycles. The molecule has 0 spiro atoms. The van der Waals surface area contributed by atoms with Crippen LogP contribution in [0.2, 0.25) is 0 Å². The molecule has 0 aromatic rings. The molecule has 60 valence electrons. The van der Waals surface area contributed by atoms with E-state index in [4.69, 9.17) is 5.11 Å². The monoisotopic (exact) mass is 144 g/mol. The van der Waals surface area contributed by atoms with E-state index >= 15 is 0 Å². The van der Waals surface area contributed by atoms with Crippen molar-refractivity contribution in [3.05, 3.63) is 12.2 Å². The number of hydrogen-bond acceptors (Lipinski definition) is 2. The molecule has 0 aromatic carbocycles. The third-order valence-electron chi connectivity index (χ3n) is 1.03. The average Bonchev–Trinajstić information content (AvgIpc) is 1.59. The quantitative estimate of drug-likeness (QED) is 0.582. The van der Waals surface area contributed by atoms with Gasteiger partial charge in [0.15, 0.2) is 0 Å². The van der Waals surface area contributed by atoms with Crippen molar-refractivity contribution >= 4 is 0 Å². The van der Waals surface area contributed by atoms with Gasteiger partial charge in [-0.15, -0.1) is 0 Å². The van der Waals surface area contributed by atoms with Crippen molar-refractivity contribution < 1.29 is 10.2 Å². The average molecular weight is 144 g/mol. The summed E-state index contributed by atoms with van der Waals surface area (Å²) in [7, 11) is 0. The third-order valence-corrected chi connectivity index (χ3v) is 1.03. The van der Waals surface area contributed by atoms with Gasteiger partial charge < -0.3 is 10.2 Å². The highest BCUT2D eigenvalue weighted by molar-refractivity contribution is 4.90. The Labute approximate surface area is 62.2 Å². The molecular formula is C8H16O2. The first-order valence-electron chi connectivity index (χ1n) is 3.49. The van der Waals surface area contributed by atoms with Crippen LogP contribution in [0, 0.1) is 0 Å². The zero-order valence-electron chi connectivity index (χ0n) is 6.83. The van der Waals surface area contributed by atoms with Gasteiger partial charge in [-0.05, 0) is 27.2 Å². The van der Waals surface area contributed by atoms with E-state index in [2.05, 4.69) is 0 Å². The summed E-state index contributed by atoms with van der Waals surface area (Å²) in [4.78, 5) is 0. The van der Waals surface area contributed by atoms with Crippen molar-refractivity contribution in [1.29, 1.82) is 0 Å². The van der Waals surface area contributed by atoms with Gasteiger partial charge in [-0.3, -0.25) is 0 Å². The molecule has 0 fully saturated rings. The van der Waals surface area contributed by atoms with Crippen LogP contribution in [0.3, 0.4) is 0 Å². The second-order valence-corrected chi connectivity index (χ2v) is 3.19. The van der Waals surface area contributed by atoms with Crippen molar-refractivity contribution in [3.8, 4) is 0 Å². The first kappa shape index (κ1) is 9.66. The van der Waals surface area contributed by atoms with Gasteiger partial charge in [0.1, 0.15) is 0 Å². The maximum absolute atomic E-state index is 9.20. The SMILES string of the molecule is CC(O)/C=C/CC(C)(C)O. The summed E-state index contributed by atoms with van der Waals surface area (Å²) in [6, 6.07) is 0. The van der Waals surface area contributed by atoms with Crippen LogP contribution in [0.15, 0.2) is 12.2 Å². The van der Waals surface area contributed by atoms with Crippen molar-refractivity contribution in [2.75, 3.05) is 0 Å². The van der Waals surface area contributed by atoms with E-state index in [9.17, 15) is 5.11 Å². The summed E-state index contributed by atoms with van der Waals surface area (Å²) < 4.78 is 0. The van der Waals surface area contributed by atoms with Crippen molar-refractivity contribution in [2.24, 2.45) is 0 Å². The second kappa shape index (κ2) is 3.74. The molecule has 0 aromatic heterocycles. The minimum atomic E-state index is -0.661. The molecule has 10 heavy (non-hydrogen) atoms. The molecule has 0 heterocycles. The Balaban J connectivity index is 3.54. The van der Waals surface area contributed by atoms with Gasteiger partial charge >= 0.3 is 0 Å². The molecule has 1 atom stereocenters. The number of aliphatic hydroxyl groups is 2. The van der Waals surface area contributed by atoms with E-state index in [1.807, 2.05) is 0 Å². The Morgan fingerprint density at radius 2 is 2.00 bits per heavy atom. The number of aliphatic hydroxyl groups excluding tert-OH is 1. The van der Waals surface area contributed by atoms with E-state index in [0.717, 1.165) is 0 Å². The topological polar surface area (TPSA) is 40.5 Å². The molecule has 0 bridgehead atoms. The van der Waals surface area contributed by atoms with Crippen LogP contribution in [0.1, 0.15) is 27.2 Å². The predicted molar refractivity (Wildman–Crippen MR) is 41.7 cm³/mol. The summed E-state index contributed by atoms with van der Waals surface area (Å²) in [5.41, 5.74) is -0.661. The van der Waals surface area contributed by atoms with E-state index < -0.39 is 11.7 Å². The second-order valence-electron chi connectivity index (χ2n) is 3.19. The fourth-order valence-electron chi connectivity index (χ4n) is 0.553. The van der Waals surface area contributed by atoms with Crippen LogP contribution in [-0.2, 0) is 0 Å². The third kappa shape index (κ3) is 7.66. The van der Waals surface area contributed by atoms with Gasteiger partial charge in [0, 0.05) is 0 Å². The number of rotatable bonds is 3. The summed E-state index contributed by atoms with van der Waals surface area (Å²) in [5, 5.41) is 18.0. The molecular weight excluding hydrogens is 128 g/mol. The van der Waals surface area contributed by atoms with E-state index in [0.29, 0.717) is 6.42 Å². The molecule has 0 aliphatic carbocycles. The summed E-state index contributed by atoms with van der Waals surface area (Å²) in [6.07, 6.45) is 3.61. The molecule has 0 radical (unpaired) electrons. The lowest BCUT2D eigenvalue weighted by Crippen LogP contribution is -2.16. The highest BCUT2D eigenvalue weighted by Gasteiger charge is 2.08. The molecule has 0 aliphatic rings. The Hall–Kier alpha value is -0.340. The molecule has 0 aliphatic heterocycles. The molecule has 0 rings (SSSR count). The lowest BCUT2D eigenvalue weighted by molar-refractivity contribution is 0.0836. The van der Waals surface area contributed by atoms with Crippen molar-refractivity contribution in [1.82, 2.24) is 0 Å². The summed E-state index contributed by atoms with van der Waals surface area (Å²) >= 11 is 0. The zero-order valence-corrected chi connectivity index (χ0v) is 6.83. The lowest BCUT2D eigenvalue weighted by Gasteiger charge is -2.13. The largest absolute Gasteiger partial charge is 0.390 e. The first-order valence-corrected chi connectivity index (χ1v) is 3.49. The minimum absolute atomic E-state index is 0.414. The Morgan fingerprint density at radius 1 is 1.50 bits per heavy atom. The Morgan fingerprint density at radius 3 is 2.30 bits per heavy atom. The van der Waals surface area contributed by atoms with Gasteiger partial charge in [-0.1, -0.05) is 12.2 Å².